The van der Waals surface area contributed by atoms with E-state index in [1.807, 2.05) is 30.5 Å². The van der Waals surface area contributed by atoms with E-state index in [0.29, 0.717) is 11.7 Å². The zero-order chi connectivity index (χ0) is 19.6. The van der Waals surface area contributed by atoms with E-state index in [0.717, 1.165) is 54.6 Å². The van der Waals surface area contributed by atoms with Gasteiger partial charge in [-0.3, -0.25) is 14.7 Å². The summed E-state index contributed by atoms with van der Waals surface area (Å²) in [6, 6.07) is 14.3. The molecule has 1 fully saturated rings. The summed E-state index contributed by atoms with van der Waals surface area (Å²) in [5.74, 6) is 0. The molecule has 4 rings (SSSR count). The number of sulfonamides is 1. The van der Waals surface area contributed by atoms with Gasteiger partial charge in [-0.1, -0.05) is 12.1 Å². The first-order chi connectivity index (χ1) is 13.4. The summed E-state index contributed by atoms with van der Waals surface area (Å²) < 4.78 is 25.4. The fraction of sp³-hybridized carbons (Fsp3) is 0.350. The Kier molecular flexibility index (Phi) is 5.23. The largest absolute Gasteiger partial charge is 0.381 e. The van der Waals surface area contributed by atoms with Crippen LogP contribution < -0.4 is 10.0 Å². The molecule has 0 unspecified atom stereocenters. The number of hydrogen-bond acceptors (Lipinski definition) is 5. The highest BCUT2D eigenvalue weighted by Crippen LogP contribution is 2.22. The van der Waals surface area contributed by atoms with Crippen molar-refractivity contribution in [2.24, 2.45) is 0 Å². The molecule has 148 valence electrons. The highest BCUT2D eigenvalue weighted by molar-refractivity contribution is 7.92. The smallest absolute Gasteiger partial charge is 0.229 e. The van der Waals surface area contributed by atoms with Crippen molar-refractivity contribution in [1.82, 2.24) is 15.1 Å². The zero-order valence-electron chi connectivity index (χ0n) is 15.9. The first-order valence-electron chi connectivity index (χ1n) is 9.43. The minimum atomic E-state index is -3.26. The number of aromatic nitrogens is 2. The van der Waals surface area contributed by atoms with Gasteiger partial charge in [-0.15, -0.1) is 0 Å². The summed E-state index contributed by atoms with van der Waals surface area (Å²) in [6.45, 7) is 2.80. The number of hydrogen-bond donors (Lipinski definition) is 3. The van der Waals surface area contributed by atoms with Crippen LogP contribution in [0.4, 0.5) is 11.4 Å². The van der Waals surface area contributed by atoms with Gasteiger partial charge in [0.15, 0.2) is 0 Å². The van der Waals surface area contributed by atoms with Crippen molar-refractivity contribution in [3.8, 4) is 0 Å². The van der Waals surface area contributed by atoms with Gasteiger partial charge in [-0.2, -0.15) is 5.10 Å². The van der Waals surface area contributed by atoms with Crippen LogP contribution in [0.5, 0.6) is 0 Å². The van der Waals surface area contributed by atoms with Crippen molar-refractivity contribution in [3.63, 3.8) is 0 Å². The molecule has 0 aliphatic carbocycles. The lowest BCUT2D eigenvalue weighted by Gasteiger charge is -2.33. The lowest BCUT2D eigenvalue weighted by Crippen LogP contribution is -2.41. The highest BCUT2D eigenvalue weighted by atomic mass is 32.2. The van der Waals surface area contributed by atoms with Crippen LogP contribution in [-0.4, -0.2) is 48.9 Å². The number of rotatable bonds is 6. The van der Waals surface area contributed by atoms with Crippen molar-refractivity contribution in [3.05, 3.63) is 54.2 Å². The zero-order valence-corrected chi connectivity index (χ0v) is 16.7. The third kappa shape index (κ3) is 4.82. The standard InChI is InChI=1S/C20H25N5O2S/c1-28(26,27)24-18-5-2-4-15(10-18)13-25-9-3-6-19(14-25)22-17-7-8-20-16(11-17)12-21-23-20/h2,4-5,7-8,10-12,19,22,24H,3,6,9,13-14H2,1H3,(H,21,23)/t19-/m0/s1. The molecule has 1 aromatic heterocycles. The topological polar surface area (TPSA) is 90.1 Å². The van der Waals surface area contributed by atoms with E-state index in [4.69, 9.17) is 0 Å². The Hall–Kier alpha value is -2.58. The molecule has 2 heterocycles. The maximum atomic E-state index is 11.4. The quantitative estimate of drug-likeness (QED) is 0.593. The minimum Gasteiger partial charge on any atom is -0.381 e. The van der Waals surface area contributed by atoms with Gasteiger partial charge in [0.1, 0.15) is 0 Å². The van der Waals surface area contributed by atoms with E-state index >= 15 is 0 Å². The number of anilines is 2. The minimum absolute atomic E-state index is 0.385. The van der Waals surface area contributed by atoms with Gasteiger partial charge in [0.25, 0.3) is 0 Å². The Labute approximate surface area is 165 Å². The first kappa shape index (κ1) is 18.8. The fourth-order valence-corrected chi connectivity index (χ4v) is 4.35. The Morgan fingerprint density at radius 2 is 2.11 bits per heavy atom. The molecule has 0 spiro atoms. The normalized spacial score (nSPS) is 18.2. The number of nitrogens with zero attached hydrogens (tertiary/aromatic N) is 2. The van der Waals surface area contributed by atoms with Crippen LogP contribution in [0.15, 0.2) is 48.7 Å². The molecule has 2 aromatic carbocycles. The Balaban J connectivity index is 1.39. The van der Waals surface area contributed by atoms with E-state index in [1.54, 1.807) is 6.07 Å². The van der Waals surface area contributed by atoms with Crippen LogP contribution in [-0.2, 0) is 16.6 Å². The van der Waals surface area contributed by atoms with Crippen LogP contribution in [0.3, 0.4) is 0 Å². The third-order valence-corrected chi connectivity index (χ3v) is 5.56. The number of fused-ring (bicyclic) bond motifs is 1. The average molecular weight is 400 g/mol. The molecule has 1 saturated heterocycles. The van der Waals surface area contributed by atoms with Crippen molar-refractivity contribution >= 4 is 32.3 Å². The molecule has 1 atom stereocenters. The van der Waals surface area contributed by atoms with E-state index in [1.165, 1.54) is 6.26 Å². The molecular weight excluding hydrogens is 374 g/mol. The number of likely N-dealkylation sites (tertiary alicyclic amines) is 1. The summed E-state index contributed by atoms with van der Waals surface area (Å²) in [5, 5.41) is 11.8. The first-order valence-corrected chi connectivity index (χ1v) is 11.3. The van der Waals surface area contributed by atoms with E-state index in [9.17, 15) is 8.42 Å². The van der Waals surface area contributed by atoms with Crippen molar-refractivity contribution in [2.75, 3.05) is 29.4 Å². The van der Waals surface area contributed by atoms with Crippen LogP contribution >= 0.6 is 0 Å². The van der Waals surface area contributed by atoms with Gasteiger partial charge in [0.05, 0.1) is 18.0 Å². The van der Waals surface area contributed by atoms with Gasteiger partial charge in [0, 0.05) is 35.9 Å². The van der Waals surface area contributed by atoms with E-state index < -0.39 is 10.0 Å². The third-order valence-electron chi connectivity index (χ3n) is 4.95. The molecule has 0 bridgehead atoms. The van der Waals surface area contributed by atoms with Crippen molar-refractivity contribution in [2.45, 2.75) is 25.4 Å². The maximum Gasteiger partial charge on any atom is 0.229 e. The second-order valence-corrected chi connectivity index (χ2v) is 9.21. The molecule has 0 radical (unpaired) electrons. The second kappa shape index (κ2) is 7.81. The predicted molar refractivity (Wildman–Crippen MR) is 113 cm³/mol. The second-order valence-electron chi connectivity index (χ2n) is 7.47. The van der Waals surface area contributed by atoms with Gasteiger partial charge < -0.3 is 5.32 Å². The number of H-pyrrole nitrogens is 1. The molecule has 3 N–H and O–H groups in total. The summed E-state index contributed by atoms with van der Waals surface area (Å²) in [6.07, 6.45) is 5.27. The lowest BCUT2D eigenvalue weighted by molar-refractivity contribution is 0.208. The lowest BCUT2D eigenvalue weighted by atomic mass is 10.0. The van der Waals surface area contributed by atoms with Gasteiger partial charge in [-0.05, 0) is 55.3 Å². The van der Waals surface area contributed by atoms with Crippen LogP contribution in [0, 0.1) is 0 Å². The van der Waals surface area contributed by atoms with Crippen LogP contribution in [0.25, 0.3) is 10.9 Å². The average Bonchev–Trinajstić information content (AvgIpc) is 3.09. The summed E-state index contributed by atoms with van der Waals surface area (Å²) in [7, 11) is -3.26. The molecular formula is C20H25N5O2S. The summed E-state index contributed by atoms with van der Waals surface area (Å²) in [5.41, 5.74) is 3.87. The Bertz CT molecular complexity index is 1060. The monoisotopic (exact) mass is 399 g/mol. The van der Waals surface area contributed by atoms with E-state index in [2.05, 4.69) is 37.3 Å². The summed E-state index contributed by atoms with van der Waals surface area (Å²) in [4.78, 5) is 2.41. The fourth-order valence-electron chi connectivity index (χ4n) is 3.79. The molecule has 7 nitrogen and oxygen atoms in total. The molecule has 8 heteroatoms. The highest BCUT2D eigenvalue weighted by Gasteiger charge is 2.20. The number of nitrogens with one attached hydrogen (secondary N) is 3. The molecule has 1 aliphatic heterocycles. The SMILES string of the molecule is CS(=O)(=O)Nc1cccc(CN2CCC[C@H](Nc3ccc4[nH]ncc4c3)C2)c1. The van der Waals surface area contributed by atoms with Crippen molar-refractivity contribution < 1.29 is 8.42 Å². The molecule has 1 aliphatic rings. The molecule has 3 aromatic rings. The van der Waals surface area contributed by atoms with E-state index in [-0.39, 0.29) is 0 Å². The number of piperidine rings is 1. The number of benzene rings is 2. The van der Waals surface area contributed by atoms with Crippen LogP contribution in [0.1, 0.15) is 18.4 Å². The van der Waals surface area contributed by atoms with Crippen LogP contribution in [0.2, 0.25) is 0 Å². The molecule has 28 heavy (non-hydrogen) atoms. The molecule has 0 saturated carbocycles. The maximum absolute atomic E-state index is 11.4. The summed E-state index contributed by atoms with van der Waals surface area (Å²) >= 11 is 0. The van der Waals surface area contributed by atoms with Crippen molar-refractivity contribution in [1.29, 1.82) is 0 Å². The molecule has 0 amide bonds. The Morgan fingerprint density at radius 3 is 2.96 bits per heavy atom. The van der Waals surface area contributed by atoms with Gasteiger partial charge in [0.2, 0.25) is 10.0 Å². The number of aromatic amines is 1. The van der Waals surface area contributed by atoms with Gasteiger partial charge >= 0.3 is 0 Å². The van der Waals surface area contributed by atoms with Gasteiger partial charge in [-0.25, -0.2) is 8.42 Å². The Morgan fingerprint density at radius 1 is 1.21 bits per heavy atom. The predicted octanol–water partition coefficient (Wildman–Crippen LogP) is 3.01.